The zero-order chi connectivity index (χ0) is 12.2. The van der Waals surface area contributed by atoms with E-state index in [1.54, 1.807) is 0 Å². The van der Waals surface area contributed by atoms with E-state index in [0.717, 1.165) is 25.0 Å². The molecule has 0 saturated heterocycles. The van der Waals surface area contributed by atoms with Crippen molar-refractivity contribution in [2.45, 2.75) is 45.1 Å². The van der Waals surface area contributed by atoms with Crippen LogP contribution in [0.2, 0.25) is 0 Å². The summed E-state index contributed by atoms with van der Waals surface area (Å²) in [4.78, 5) is 0. The molecule has 0 saturated carbocycles. The van der Waals surface area contributed by atoms with Gasteiger partial charge in [-0.1, -0.05) is 32.8 Å². The first-order valence-corrected chi connectivity index (χ1v) is 5.71. The van der Waals surface area contributed by atoms with Crippen molar-refractivity contribution in [3.8, 4) is 0 Å². The maximum atomic E-state index is 13.1. The Bertz CT molecular complexity index is 344. The minimum absolute atomic E-state index is 0.468. The van der Waals surface area contributed by atoms with E-state index in [-0.39, 0.29) is 0 Å². The first-order valence-electron chi connectivity index (χ1n) is 5.71. The molecule has 1 N–H and O–H groups in total. The highest BCUT2D eigenvalue weighted by molar-refractivity contribution is 5.24. The quantitative estimate of drug-likeness (QED) is 0.813. The highest BCUT2D eigenvalue weighted by atomic mass is 19.2. The Morgan fingerprint density at radius 3 is 2.06 bits per heavy atom. The van der Waals surface area contributed by atoms with Crippen molar-refractivity contribution in [1.82, 2.24) is 0 Å². The zero-order valence-electron chi connectivity index (χ0n) is 9.76. The maximum absolute atomic E-state index is 13.1. The predicted molar refractivity (Wildman–Crippen MR) is 60.1 cm³/mol. The van der Waals surface area contributed by atoms with Gasteiger partial charge in [0.05, 0.1) is 5.60 Å². The van der Waals surface area contributed by atoms with Gasteiger partial charge in [-0.05, 0) is 30.5 Å². The van der Waals surface area contributed by atoms with Crippen molar-refractivity contribution >= 4 is 0 Å². The number of halogens is 2. The summed E-state index contributed by atoms with van der Waals surface area (Å²) in [6.07, 6.45) is 2.73. The Morgan fingerprint density at radius 2 is 1.62 bits per heavy atom. The highest BCUT2D eigenvalue weighted by Gasteiger charge is 2.27. The molecule has 0 amide bonds. The third kappa shape index (κ3) is 2.79. The molecule has 0 fully saturated rings. The molecule has 3 heteroatoms. The van der Waals surface area contributed by atoms with E-state index in [4.69, 9.17) is 0 Å². The van der Waals surface area contributed by atoms with Crippen LogP contribution < -0.4 is 0 Å². The van der Waals surface area contributed by atoms with Crippen molar-refractivity contribution in [3.63, 3.8) is 0 Å². The van der Waals surface area contributed by atoms with Gasteiger partial charge in [-0.3, -0.25) is 0 Å². The number of benzene rings is 1. The van der Waals surface area contributed by atoms with Gasteiger partial charge >= 0.3 is 0 Å². The maximum Gasteiger partial charge on any atom is 0.159 e. The highest BCUT2D eigenvalue weighted by Crippen LogP contribution is 2.32. The summed E-state index contributed by atoms with van der Waals surface area (Å²) in [7, 11) is 0. The second-order valence-corrected chi connectivity index (χ2v) is 4.16. The average molecular weight is 228 g/mol. The zero-order valence-corrected chi connectivity index (χ0v) is 9.76. The minimum atomic E-state index is -1.03. The van der Waals surface area contributed by atoms with Gasteiger partial charge in [0.2, 0.25) is 0 Å². The van der Waals surface area contributed by atoms with E-state index >= 15 is 0 Å². The second-order valence-electron chi connectivity index (χ2n) is 4.16. The van der Waals surface area contributed by atoms with Gasteiger partial charge in [0, 0.05) is 0 Å². The molecule has 0 radical (unpaired) electrons. The molecule has 0 aliphatic rings. The minimum Gasteiger partial charge on any atom is -0.385 e. The standard InChI is InChI=1S/C13H18F2O/c1-3-7-13(16,8-4-2)10-5-6-11(14)12(15)9-10/h5-6,9,16H,3-4,7-8H2,1-2H3. The molecule has 16 heavy (non-hydrogen) atoms. The van der Waals surface area contributed by atoms with Crippen LogP contribution in [0.25, 0.3) is 0 Å². The predicted octanol–water partition coefficient (Wildman–Crippen LogP) is 3.75. The summed E-state index contributed by atoms with van der Waals surface area (Å²) in [6, 6.07) is 3.63. The second kappa shape index (κ2) is 5.39. The number of hydrogen-bond donors (Lipinski definition) is 1. The Labute approximate surface area is 95.1 Å². The molecule has 0 aromatic heterocycles. The molecule has 0 unspecified atom stereocenters. The Balaban J connectivity index is 3.05. The Hall–Kier alpha value is -0.960. The Kier molecular flexibility index (Phi) is 4.42. The molecular weight excluding hydrogens is 210 g/mol. The molecule has 0 bridgehead atoms. The van der Waals surface area contributed by atoms with Gasteiger partial charge in [0.25, 0.3) is 0 Å². The normalized spacial score (nSPS) is 11.8. The largest absolute Gasteiger partial charge is 0.385 e. The monoisotopic (exact) mass is 228 g/mol. The fourth-order valence-corrected chi connectivity index (χ4v) is 2.03. The SMILES string of the molecule is CCCC(O)(CCC)c1ccc(F)c(F)c1. The lowest BCUT2D eigenvalue weighted by Crippen LogP contribution is -2.25. The van der Waals surface area contributed by atoms with Crippen LogP contribution in [-0.2, 0) is 5.60 Å². The van der Waals surface area contributed by atoms with Gasteiger partial charge in [-0.15, -0.1) is 0 Å². The third-order valence-electron chi connectivity index (χ3n) is 2.78. The number of rotatable bonds is 5. The van der Waals surface area contributed by atoms with Gasteiger partial charge in [-0.25, -0.2) is 8.78 Å². The summed E-state index contributed by atoms with van der Waals surface area (Å²) in [5, 5.41) is 10.4. The average Bonchev–Trinajstić information content (AvgIpc) is 2.22. The lowest BCUT2D eigenvalue weighted by Gasteiger charge is -2.28. The molecular formula is C13H18F2O. The van der Waals surface area contributed by atoms with Gasteiger partial charge in [-0.2, -0.15) is 0 Å². The lowest BCUT2D eigenvalue weighted by molar-refractivity contribution is 0.0166. The van der Waals surface area contributed by atoms with Crippen LogP contribution >= 0.6 is 0 Å². The first kappa shape index (κ1) is 13.1. The van der Waals surface area contributed by atoms with Crippen LogP contribution in [0.15, 0.2) is 18.2 Å². The lowest BCUT2D eigenvalue weighted by atomic mass is 9.85. The van der Waals surface area contributed by atoms with E-state index < -0.39 is 17.2 Å². The molecule has 1 nitrogen and oxygen atoms in total. The van der Waals surface area contributed by atoms with Crippen molar-refractivity contribution in [2.75, 3.05) is 0 Å². The van der Waals surface area contributed by atoms with E-state index in [0.29, 0.717) is 18.4 Å². The van der Waals surface area contributed by atoms with Crippen LogP contribution in [0.4, 0.5) is 8.78 Å². The summed E-state index contributed by atoms with van der Waals surface area (Å²) in [5.41, 5.74) is -0.562. The molecule has 1 aromatic carbocycles. The number of hydrogen-bond acceptors (Lipinski definition) is 1. The van der Waals surface area contributed by atoms with Crippen molar-refractivity contribution in [3.05, 3.63) is 35.4 Å². The van der Waals surface area contributed by atoms with E-state index in [2.05, 4.69) is 0 Å². The molecule has 0 heterocycles. The fraction of sp³-hybridized carbons (Fsp3) is 0.538. The van der Waals surface area contributed by atoms with Gasteiger partial charge < -0.3 is 5.11 Å². The van der Waals surface area contributed by atoms with Gasteiger partial charge in [0.15, 0.2) is 11.6 Å². The van der Waals surface area contributed by atoms with Crippen LogP contribution in [-0.4, -0.2) is 5.11 Å². The van der Waals surface area contributed by atoms with E-state index in [9.17, 15) is 13.9 Å². The summed E-state index contributed by atoms with van der Waals surface area (Å²) in [5.74, 6) is -1.78. The Morgan fingerprint density at radius 1 is 1.06 bits per heavy atom. The summed E-state index contributed by atoms with van der Waals surface area (Å²) in [6.45, 7) is 3.92. The van der Waals surface area contributed by atoms with Crippen molar-refractivity contribution in [2.24, 2.45) is 0 Å². The molecule has 1 rings (SSSR count). The fourth-order valence-electron chi connectivity index (χ4n) is 2.03. The van der Waals surface area contributed by atoms with Crippen LogP contribution in [0.3, 0.4) is 0 Å². The van der Waals surface area contributed by atoms with Crippen molar-refractivity contribution < 1.29 is 13.9 Å². The smallest absolute Gasteiger partial charge is 0.159 e. The molecule has 0 spiro atoms. The molecule has 90 valence electrons. The van der Waals surface area contributed by atoms with Crippen LogP contribution in [0, 0.1) is 11.6 Å². The number of aliphatic hydroxyl groups is 1. The first-order chi connectivity index (χ1) is 7.53. The third-order valence-corrected chi connectivity index (χ3v) is 2.78. The molecule has 0 aliphatic heterocycles. The van der Waals surface area contributed by atoms with Gasteiger partial charge in [0.1, 0.15) is 0 Å². The van der Waals surface area contributed by atoms with Crippen molar-refractivity contribution in [1.29, 1.82) is 0 Å². The van der Waals surface area contributed by atoms with E-state index in [1.165, 1.54) is 6.07 Å². The molecule has 1 aromatic rings. The molecule has 0 aliphatic carbocycles. The van der Waals surface area contributed by atoms with E-state index in [1.807, 2.05) is 13.8 Å². The summed E-state index contributed by atoms with van der Waals surface area (Å²) < 4.78 is 25.9. The molecule has 0 atom stereocenters. The summed E-state index contributed by atoms with van der Waals surface area (Å²) >= 11 is 0. The topological polar surface area (TPSA) is 20.2 Å². The van der Waals surface area contributed by atoms with Crippen LogP contribution in [0.1, 0.15) is 45.1 Å². The van der Waals surface area contributed by atoms with Crippen LogP contribution in [0.5, 0.6) is 0 Å².